The zero-order valence-corrected chi connectivity index (χ0v) is 15.6. The van der Waals surface area contributed by atoms with Crippen LogP contribution in [0.25, 0.3) is 22.6 Å². The molecule has 2 N–H and O–H groups in total. The monoisotopic (exact) mass is 379 g/mol. The van der Waals surface area contributed by atoms with E-state index in [4.69, 9.17) is 0 Å². The fraction of sp³-hybridized carbons (Fsp3) is 0.105. The summed E-state index contributed by atoms with van der Waals surface area (Å²) >= 11 is 0. The summed E-state index contributed by atoms with van der Waals surface area (Å²) in [6, 6.07) is 14.4. The van der Waals surface area contributed by atoms with Gasteiger partial charge in [-0.3, -0.25) is 4.72 Å². The van der Waals surface area contributed by atoms with Gasteiger partial charge in [0.2, 0.25) is 0 Å². The molecule has 2 aromatic heterocycles. The third-order valence-corrected chi connectivity index (χ3v) is 5.53. The zero-order chi connectivity index (χ0) is 19.0. The van der Waals surface area contributed by atoms with E-state index in [2.05, 4.69) is 24.7 Å². The Morgan fingerprint density at radius 3 is 2.19 bits per heavy atom. The van der Waals surface area contributed by atoms with Crippen molar-refractivity contribution in [3.63, 3.8) is 0 Å². The molecule has 2 heterocycles. The minimum atomic E-state index is -3.77. The molecule has 0 aliphatic heterocycles. The number of nitrogens with one attached hydrogen (secondary N) is 2. The summed E-state index contributed by atoms with van der Waals surface area (Å²) in [6.45, 7) is 3.90. The number of fused-ring (bicyclic) bond motifs is 1. The Morgan fingerprint density at radius 1 is 0.889 bits per heavy atom. The predicted molar refractivity (Wildman–Crippen MR) is 104 cm³/mol. The van der Waals surface area contributed by atoms with Gasteiger partial charge in [0.25, 0.3) is 10.0 Å². The number of aromatic amines is 1. The number of imidazole rings is 1. The summed E-state index contributed by atoms with van der Waals surface area (Å²) in [6.07, 6.45) is 1.29. The molecule has 0 bridgehead atoms. The minimum Gasteiger partial charge on any atom is -0.334 e. The Kier molecular flexibility index (Phi) is 4.12. The molecule has 0 saturated carbocycles. The number of hydrogen-bond donors (Lipinski definition) is 2. The van der Waals surface area contributed by atoms with Crippen LogP contribution in [0, 0.1) is 13.8 Å². The molecule has 0 fully saturated rings. The van der Waals surface area contributed by atoms with Gasteiger partial charge >= 0.3 is 0 Å². The highest BCUT2D eigenvalue weighted by Gasteiger charge is 2.18. The molecule has 8 heteroatoms. The van der Waals surface area contributed by atoms with Crippen LogP contribution in [0.4, 0.5) is 5.82 Å². The van der Waals surface area contributed by atoms with Crippen molar-refractivity contribution in [2.45, 2.75) is 18.7 Å². The van der Waals surface area contributed by atoms with Crippen LogP contribution in [-0.4, -0.2) is 28.4 Å². The highest BCUT2D eigenvalue weighted by molar-refractivity contribution is 7.92. The maximum absolute atomic E-state index is 12.7. The van der Waals surface area contributed by atoms with E-state index in [1.165, 1.54) is 6.33 Å². The van der Waals surface area contributed by atoms with E-state index in [1.54, 1.807) is 24.3 Å². The molecule has 136 valence electrons. The second-order valence-electron chi connectivity index (χ2n) is 6.29. The first-order chi connectivity index (χ1) is 12.9. The molecular formula is C19H17N5O2S. The highest BCUT2D eigenvalue weighted by Crippen LogP contribution is 2.25. The number of anilines is 1. The Morgan fingerprint density at radius 2 is 1.52 bits per heavy atom. The molecule has 0 radical (unpaired) electrons. The first kappa shape index (κ1) is 17.2. The lowest BCUT2D eigenvalue weighted by molar-refractivity contribution is 0.601. The number of sulfonamides is 1. The molecule has 7 nitrogen and oxygen atoms in total. The van der Waals surface area contributed by atoms with Gasteiger partial charge in [-0.25, -0.2) is 23.4 Å². The van der Waals surface area contributed by atoms with Crippen LogP contribution >= 0.6 is 0 Å². The minimum absolute atomic E-state index is 0.159. The lowest BCUT2D eigenvalue weighted by Crippen LogP contribution is -2.14. The summed E-state index contributed by atoms with van der Waals surface area (Å²) in [5, 5.41) is 0. The first-order valence-electron chi connectivity index (χ1n) is 8.30. The Balaban J connectivity index is 1.74. The third kappa shape index (κ3) is 3.39. The van der Waals surface area contributed by atoms with E-state index in [0.717, 1.165) is 16.7 Å². The van der Waals surface area contributed by atoms with Gasteiger partial charge in [0.1, 0.15) is 17.7 Å². The molecule has 4 rings (SSSR count). The fourth-order valence-corrected chi connectivity index (χ4v) is 3.68. The van der Waals surface area contributed by atoms with E-state index >= 15 is 0 Å². The molecule has 0 atom stereocenters. The number of nitrogens with zero attached hydrogens (tertiary/aromatic N) is 3. The van der Waals surface area contributed by atoms with Gasteiger partial charge in [0.15, 0.2) is 11.5 Å². The molecular weight excluding hydrogens is 362 g/mol. The van der Waals surface area contributed by atoms with Gasteiger partial charge in [-0.05, 0) is 26.0 Å². The Hall–Kier alpha value is -3.26. The van der Waals surface area contributed by atoms with Crippen LogP contribution < -0.4 is 4.72 Å². The van der Waals surface area contributed by atoms with Gasteiger partial charge in [0.05, 0.1) is 4.90 Å². The quantitative estimate of drug-likeness (QED) is 0.566. The highest BCUT2D eigenvalue weighted by atomic mass is 32.2. The van der Waals surface area contributed by atoms with E-state index in [1.807, 2.05) is 38.1 Å². The number of hydrogen-bond acceptors (Lipinski definition) is 5. The summed E-state index contributed by atoms with van der Waals surface area (Å²) in [5.74, 6) is 0.757. The van der Waals surface area contributed by atoms with Gasteiger partial charge < -0.3 is 4.98 Å². The maximum Gasteiger partial charge on any atom is 0.263 e. The lowest BCUT2D eigenvalue weighted by atomic mass is 10.1. The smallest absolute Gasteiger partial charge is 0.263 e. The maximum atomic E-state index is 12.7. The average molecular weight is 379 g/mol. The molecule has 0 aliphatic carbocycles. The first-order valence-corrected chi connectivity index (χ1v) is 9.78. The molecule has 27 heavy (non-hydrogen) atoms. The van der Waals surface area contributed by atoms with E-state index in [9.17, 15) is 8.42 Å². The average Bonchev–Trinajstić information content (AvgIpc) is 3.08. The van der Waals surface area contributed by atoms with Crippen molar-refractivity contribution in [1.82, 2.24) is 19.9 Å². The molecule has 0 unspecified atom stereocenters. The van der Waals surface area contributed by atoms with Crippen LogP contribution in [0.5, 0.6) is 0 Å². The van der Waals surface area contributed by atoms with Gasteiger partial charge in [0, 0.05) is 5.56 Å². The van der Waals surface area contributed by atoms with Crippen molar-refractivity contribution in [3.8, 4) is 11.4 Å². The number of rotatable bonds is 4. The van der Waals surface area contributed by atoms with Crippen molar-refractivity contribution < 1.29 is 8.42 Å². The summed E-state index contributed by atoms with van der Waals surface area (Å²) < 4.78 is 27.9. The topological polar surface area (TPSA) is 101 Å². The summed E-state index contributed by atoms with van der Waals surface area (Å²) in [4.78, 5) is 15.9. The van der Waals surface area contributed by atoms with Gasteiger partial charge in [-0.1, -0.05) is 47.5 Å². The van der Waals surface area contributed by atoms with E-state index in [0.29, 0.717) is 17.0 Å². The number of benzene rings is 2. The van der Waals surface area contributed by atoms with Crippen LogP contribution in [-0.2, 0) is 10.0 Å². The van der Waals surface area contributed by atoms with Crippen LogP contribution in [0.15, 0.2) is 59.8 Å². The Labute approximate surface area is 156 Å². The van der Waals surface area contributed by atoms with Crippen molar-refractivity contribution in [2.75, 3.05) is 4.72 Å². The molecule has 0 amide bonds. The van der Waals surface area contributed by atoms with Gasteiger partial charge in [-0.2, -0.15) is 0 Å². The molecule has 0 aliphatic rings. The number of H-pyrrole nitrogens is 1. The van der Waals surface area contributed by atoms with Gasteiger partial charge in [-0.15, -0.1) is 0 Å². The lowest BCUT2D eigenvalue weighted by Gasteiger charge is -2.07. The summed E-state index contributed by atoms with van der Waals surface area (Å²) in [5.41, 5.74) is 3.83. The third-order valence-electron chi connectivity index (χ3n) is 4.18. The Bertz CT molecular complexity index is 1210. The van der Waals surface area contributed by atoms with Crippen molar-refractivity contribution >= 4 is 27.0 Å². The standard InChI is InChI=1S/C19H17N5O2S/c1-12-3-7-14(8-4-12)17-22-16-18(23-17)20-11-21-19(16)24-27(25,26)15-9-5-13(2)6-10-15/h3-11H,1-2H3,(H2,20,21,22,23,24). The zero-order valence-electron chi connectivity index (χ0n) is 14.8. The molecule has 0 spiro atoms. The van der Waals surface area contributed by atoms with E-state index in [-0.39, 0.29) is 10.7 Å². The largest absolute Gasteiger partial charge is 0.334 e. The SMILES string of the molecule is Cc1ccc(-c2nc3ncnc(NS(=O)(=O)c4ccc(C)cc4)c3[nH]2)cc1. The molecule has 4 aromatic rings. The number of aromatic nitrogens is 4. The molecule has 0 saturated heterocycles. The normalized spacial score (nSPS) is 11.6. The predicted octanol–water partition coefficient (Wildman–Crippen LogP) is 3.44. The number of aryl methyl sites for hydroxylation is 2. The summed E-state index contributed by atoms with van der Waals surface area (Å²) in [7, 11) is -3.77. The second-order valence-corrected chi connectivity index (χ2v) is 7.97. The van der Waals surface area contributed by atoms with Crippen LogP contribution in [0.1, 0.15) is 11.1 Å². The van der Waals surface area contributed by atoms with Crippen molar-refractivity contribution in [2.24, 2.45) is 0 Å². The van der Waals surface area contributed by atoms with Crippen LogP contribution in [0.3, 0.4) is 0 Å². The fourth-order valence-electron chi connectivity index (χ4n) is 2.66. The molecule has 2 aromatic carbocycles. The van der Waals surface area contributed by atoms with E-state index < -0.39 is 10.0 Å². The van der Waals surface area contributed by atoms with Crippen molar-refractivity contribution in [3.05, 3.63) is 66.0 Å². The van der Waals surface area contributed by atoms with Crippen LogP contribution in [0.2, 0.25) is 0 Å². The second kappa shape index (κ2) is 6.48. The van der Waals surface area contributed by atoms with Crippen molar-refractivity contribution in [1.29, 1.82) is 0 Å².